The molecular weight excluding hydrogens is 294 g/mol. The van der Waals surface area contributed by atoms with Gasteiger partial charge in [-0.2, -0.15) is 0 Å². The van der Waals surface area contributed by atoms with Crippen molar-refractivity contribution in [2.75, 3.05) is 4.90 Å². The average molecular weight is 311 g/mol. The molecule has 0 atom stereocenters. The van der Waals surface area contributed by atoms with Crippen LogP contribution < -0.4 is 4.90 Å². The molecular formula is C17H17N3OS. The number of carbonyl (C=O) groups is 1. The van der Waals surface area contributed by atoms with E-state index in [4.69, 9.17) is 0 Å². The van der Waals surface area contributed by atoms with Crippen LogP contribution in [0.1, 0.15) is 23.6 Å². The van der Waals surface area contributed by atoms with Gasteiger partial charge in [0.2, 0.25) is 5.91 Å². The number of carbonyl (C=O) groups excluding carboxylic acids is 1. The SMILES string of the molecule is CC(=O)N(Cc1cccnc1)c1nc2cc(C)c(C)cc2s1. The summed E-state index contributed by atoms with van der Waals surface area (Å²) in [6.45, 7) is 6.22. The highest BCUT2D eigenvalue weighted by Crippen LogP contribution is 2.31. The van der Waals surface area contributed by atoms with Crippen molar-refractivity contribution in [3.8, 4) is 0 Å². The summed E-state index contributed by atoms with van der Waals surface area (Å²) >= 11 is 1.55. The zero-order valence-electron chi connectivity index (χ0n) is 12.8. The Bertz CT molecular complexity index is 788. The molecule has 1 amide bonds. The molecule has 0 unspecified atom stereocenters. The lowest BCUT2D eigenvalue weighted by Crippen LogP contribution is -2.27. The summed E-state index contributed by atoms with van der Waals surface area (Å²) in [4.78, 5) is 22.5. The monoisotopic (exact) mass is 311 g/mol. The first-order chi connectivity index (χ1) is 10.5. The van der Waals surface area contributed by atoms with Crippen LogP contribution in [0, 0.1) is 13.8 Å². The number of aromatic nitrogens is 2. The van der Waals surface area contributed by atoms with Crippen molar-refractivity contribution in [2.45, 2.75) is 27.3 Å². The fourth-order valence-electron chi connectivity index (χ4n) is 2.27. The van der Waals surface area contributed by atoms with E-state index in [2.05, 4.69) is 35.9 Å². The third-order valence-electron chi connectivity index (χ3n) is 3.67. The van der Waals surface area contributed by atoms with Crippen LogP contribution in [0.25, 0.3) is 10.2 Å². The van der Waals surface area contributed by atoms with Crippen LogP contribution in [-0.4, -0.2) is 15.9 Å². The Labute approximate surface area is 133 Å². The highest BCUT2D eigenvalue weighted by atomic mass is 32.1. The van der Waals surface area contributed by atoms with E-state index in [9.17, 15) is 4.79 Å². The molecule has 4 nitrogen and oxygen atoms in total. The summed E-state index contributed by atoms with van der Waals surface area (Å²) in [5.41, 5.74) is 4.39. The molecule has 1 aromatic carbocycles. The van der Waals surface area contributed by atoms with E-state index >= 15 is 0 Å². The number of benzene rings is 1. The molecule has 2 heterocycles. The van der Waals surface area contributed by atoms with E-state index in [0.717, 1.165) is 20.9 Å². The summed E-state index contributed by atoms with van der Waals surface area (Å²) in [6, 6.07) is 8.05. The van der Waals surface area contributed by atoms with Gasteiger partial charge in [-0.3, -0.25) is 14.7 Å². The maximum Gasteiger partial charge on any atom is 0.225 e. The molecule has 0 aliphatic rings. The van der Waals surface area contributed by atoms with Crippen molar-refractivity contribution >= 4 is 32.6 Å². The highest BCUT2D eigenvalue weighted by molar-refractivity contribution is 7.22. The van der Waals surface area contributed by atoms with Crippen LogP contribution in [0.4, 0.5) is 5.13 Å². The Morgan fingerprint density at radius 1 is 1.27 bits per heavy atom. The number of pyridine rings is 1. The fourth-order valence-corrected chi connectivity index (χ4v) is 3.36. The second kappa shape index (κ2) is 5.85. The molecule has 22 heavy (non-hydrogen) atoms. The summed E-state index contributed by atoms with van der Waals surface area (Å²) in [5.74, 6) is -0.0173. The quantitative estimate of drug-likeness (QED) is 0.738. The van der Waals surface area contributed by atoms with Gasteiger partial charge >= 0.3 is 0 Å². The minimum Gasteiger partial charge on any atom is -0.284 e. The molecule has 0 saturated carbocycles. The minimum atomic E-state index is -0.0173. The fraction of sp³-hybridized carbons (Fsp3) is 0.235. The number of fused-ring (bicyclic) bond motifs is 1. The zero-order chi connectivity index (χ0) is 15.7. The third kappa shape index (κ3) is 2.85. The highest BCUT2D eigenvalue weighted by Gasteiger charge is 2.17. The number of hydrogen-bond acceptors (Lipinski definition) is 4. The zero-order valence-corrected chi connectivity index (χ0v) is 13.6. The van der Waals surface area contributed by atoms with Crippen LogP contribution in [-0.2, 0) is 11.3 Å². The van der Waals surface area contributed by atoms with Crippen molar-refractivity contribution in [1.82, 2.24) is 9.97 Å². The van der Waals surface area contributed by atoms with Crippen LogP contribution in [0.5, 0.6) is 0 Å². The van der Waals surface area contributed by atoms with Gasteiger partial charge in [-0.25, -0.2) is 4.98 Å². The van der Waals surface area contributed by atoms with Crippen LogP contribution in [0.15, 0.2) is 36.7 Å². The van der Waals surface area contributed by atoms with E-state index < -0.39 is 0 Å². The Morgan fingerprint density at radius 2 is 2.05 bits per heavy atom. The first-order valence-electron chi connectivity index (χ1n) is 7.09. The molecule has 0 radical (unpaired) electrons. The number of rotatable bonds is 3. The van der Waals surface area contributed by atoms with Gasteiger partial charge in [0, 0.05) is 19.3 Å². The van der Waals surface area contributed by atoms with Crippen LogP contribution in [0.2, 0.25) is 0 Å². The molecule has 0 bridgehead atoms. The standard InChI is InChI=1S/C17H17N3OS/c1-11-7-15-16(8-12(11)2)22-17(19-15)20(13(3)21)10-14-5-4-6-18-9-14/h4-9H,10H2,1-3H3. The second-order valence-corrected chi connectivity index (χ2v) is 6.38. The van der Waals surface area contributed by atoms with E-state index in [-0.39, 0.29) is 5.91 Å². The molecule has 0 aliphatic heterocycles. The molecule has 0 saturated heterocycles. The first kappa shape index (κ1) is 14.7. The number of thiazole rings is 1. The number of nitrogens with zero attached hydrogens (tertiary/aromatic N) is 3. The van der Waals surface area contributed by atoms with E-state index in [1.807, 2.05) is 12.1 Å². The van der Waals surface area contributed by atoms with Gasteiger partial charge < -0.3 is 0 Å². The predicted molar refractivity (Wildman–Crippen MR) is 90.2 cm³/mol. The van der Waals surface area contributed by atoms with Gasteiger partial charge in [0.25, 0.3) is 0 Å². The van der Waals surface area contributed by atoms with E-state index in [0.29, 0.717) is 6.54 Å². The Balaban J connectivity index is 2.00. The van der Waals surface area contributed by atoms with Crippen molar-refractivity contribution < 1.29 is 4.79 Å². The van der Waals surface area contributed by atoms with Gasteiger partial charge in [-0.1, -0.05) is 17.4 Å². The number of amides is 1. The molecule has 0 fully saturated rings. The van der Waals surface area contributed by atoms with E-state index in [1.54, 1.807) is 35.6 Å². The van der Waals surface area contributed by atoms with Crippen molar-refractivity contribution in [3.63, 3.8) is 0 Å². The van der Waals surface area contributed by atoms with Crippen LogP contribution in [0.3, 0.4) is 0 Å². The van der Waals surface area contributed by atoms with Gasteiger partial charge in [0.1, 0.15) is 0 Å². The molecule has 0 spiro atoms. The Hall–Kier alpha value is -2.27. The summed E-state index contributed by atoms with van der Waals surface area (Å²) in [6.07, 6.45) is 3.50. The van der Waals surface area contributed by atoms with Crippen molar-refractivity contribution in [1.29, 1.82) is 0 Å². The third-order valence-corrected chi connectivity index (χ3v) is 4.71. The van der Waals surface area contributed by atoms with Crippen molar-refractivity contribution in [3.05, 3.63) is 53.3 Å². The predicted octanol–water partition coefficient (Wildman–Crippen LogP) is 3.86. The van der Waals surface area contributed by atoms with Gasteiger partial charge in [-0.05, 0) is 48.7 Å². The molecule has 2 aromatic heterocycles. The van der Waals surface area contributed by atoms with E-state index in [1.165, 1.54) is 11.1 Å². The van der Waals surface area contributed by atoms with Gasteiger partial charge in [-0.15, -0.1) is 0 Å². The lowest BCUT2D eigenvalue weighted by molar-refractivity contribution is -0.116. The largest absolute Gasteiger partial charge is 0.284 e. The topological polar surface area (TPSA) is 46.1 Å². The Morgan fingerprint density at radius 3 is 2.73 bits per heavy atom. The Kier molecular flexibility index (Phi) is 3.90. The maximum absolute atomic E-state index is 12.0. The van der Waals surface area contributed by atoms with Gasteiger partial charge in [0.05, 0.1) is 16.8 Å². The van der Waals surface area contributed by atoms with Crippen molar-refractivity contribution in [2.24, 2.45) is 0 Å². The minimum absolute atomic E-state index is 0.0173. The lowest BCUT2D eigenvalue weighted by atomic mass is 10.1. The molecule has 112 valence electrons. The number of aryl methyl sites for hydroxylation is 2. The summed E-state index contributed by atoms with van der Waals surface area (Å²) in [7, 11) is 0. The molecule has 3 aromatic rings. The maximum atomic E-state index is 12.0. The normalized spacial score (nSPS) is 10.9. The molecule has 3 rings (SSSR count). The molecule has 0 aliphatic carbocycles. The number of hydrogen-bond donors (Lipinski definition) is 0. The average Bonchev–Trinajstić information content (AvgIpc) is 2.88. The van der Waals surface area contributed by atoms with Crippen LogP contribution >= 0.6 is 11.3 Å². The molecule has 0 N–H and O–H groups in total. The smallest absolute Gasteiger partial charge is 0.225 e. The first-order valence-corrected chi connectivity index (χ1v) is 7.91. The number of anilines is 1. The summed E-state index contributed by atoms with van der Waals surface area (Å²) < 4.78 is 1.11. The molecule has 5 heteroatoms. The van der Waals surface area contributed by atoms with Gasteiger partial charge in [0.15, 0.2) is 5.13 Å². The second-order valence-electron chi connectivity index (χ2n) is 5.37. The lowest BCUT2D eigenvalue weighted by Gasteiger charge is -2.17. The summed E-state index contributed by atoms with van der Waals surface area (Å²) in [5, 5.41) is 0.733.